The van der Waals surface area contributed by atoms with Gasteiger partial charge in [0.15, 0.2) is 0 Å². The highest BCUT2D eigenvalue weighted by Gasteiger charge is 2.29. The number of hydrogen-bond donors (Lipinski definition) is 2. The molecule has 1 aliphatic heterocycles. The van der Waals surface area contributed by atoms with Gasteiger partial charge in [-0.1, -0.05) is 60.7 Å². The highest BCUT2D eigenvalue weighted by Crippen LogP contribution is 2.21. The molecule has 0 aliphatic carbocycles. The van der Waals surface area contributed by atoms with Crippen LogP contribution in [0.15, 0.2) is 60.7 Å². The van der Waals surface area contributed by atoms with Gasteiger partial charge in [-0.05, 0) is 11.1 Å². The van der Waals surface area contributed by atoms with E-state index in [2.05, 4.69) is 15.1 Å². The van der Waals surface area contributed by atoms with Gasteiger partial charge in [0.2, 0.25) is 11.8 Å². The summed E-state index contributed by atoms with van der Waals surface area (Å²) < 4.78 is 0. The van der Waals surface area contributed by atoms with Gasteiger partial charge in [-0.3, -0.25) is 19.4 Å². The summed E-state index contributed by atoms with van der Waals surface area (Å²) in [6.45, 7) is 3.78. The maximum Gasteiger partial charge on any atom is 0.239 e. The summed E-state index contributed by atoms with van der Waals surface area (Å²) in [5.41, 5.74) is 7.65. The molecular weight excluding hydrogens is 340 g/mol. The first-order chi connectivity index (χ1) is 13.1. The number of nitrogens with two attached hydrogens (primary N) is 1. The number of carbonyl (C=O) groups excluding carboxylic acids is 2. The van der Waals surface area contributed by atoms with E-state index in [9.17, 15) is 9.59 Å². The fraction of sp³-hybridized carbons (Fsp3) is 0.333. The maximum atomic E-state index is 12.2. The molecule has 142 valence electrons. The van der Waals surface area contributed by atoms with Gasteiger partial charge in [0.25, 0.3) is 0 Å². The Bertz CT molecular complexity index is 743. The van der Waals surface area contributed by atoms with Crippen LogP contribution in [0.2, 0.25) is 0 Å². The second-order valence-corrected chi connectivity index (χ2v) is 6.79. The molecule has 0 radical (unpaired) electrons. The van der Waals surface area contributed by atoms with E-state index in [1.54, 1.807) is 0 Å². The van der Waals surface area contributed by atoms with E-state index in [0.29, 0.717) is 26.2 Å². The van der Waals surface area contributed by atoms with E-state index in [1.165, 1.54) is 0 Å². The molecule has 2 aromatic rings. The van der Waals surface area contributed by atoms with E-state index >= 15 is 0 Å². The third kappa shape index (κ3) is 5.39. The van der Waals surface area contributed by atoms with E-state index in [1.807, 2.05) is 60.7 Å². The molecule has 0 bridgehead atoms. The van der Waals surface area contributed by atoms with Crippen LogP contribution in [0, 0.1) is 0 Å². The lowest BCUT2D eigenvalue weighted by atomic mass is 10.0. The number of nitrogens with zero attached hydrogens (tertiary/aromatic N) is 2. The molecule has 2 amide bonds. The predicted molar refractivity (Wildman–Crippen MR) is 105 cm³/mol. The van der Waals surface area contributed by atoms with Crippen molar-refractivity contribution >= 4 is 11.8 Å². The normalized spacial score (nSPS) is 16.6. The van der Waals surface area contributed by atoms with Crippen molar-refractivity contribution in [2.75, 3.05) is 32.7 Å². The van der Waals surface area contributed by atoms with Gasteiger partial charge in [0.05, 0.1) is 6.54 Å². The Morgan fingerprint density at radius 2 is 1.52 bits per heavy atom. The van der Waals surface area contributed by atoms with Crippen molar-refractivity contribution in [2.45, 2.75) is 12.6 Å². The highest BCUT2D eigenvalue weighted by molar-refractivity contribution is 5.81. The van der Waals surface area contributed by atoms with E-state index < -0.39 is 6.04 Å². The largest absolute Gasteiger partial charge is 0.368 e. The van der Waals surface area contributed by atoms with Crippen LogP contribution in [0.3, 0.4) is 0 Å². The predicted octanol–water partition coefficient (Wildman–Crippen LogP) is 1.15. The van der Waals surface area contributed by atoms with Crippen molar-refractivity contribution < 1.29 is 9.59 Å². The summed E-state index contributed by atoms with van der Waals surface area (Å²) in [7, 11) is 0. The van der Waals surface area contributed by atoms with Crippen LogP contribution >= 0.6 is 0 Å². The Balaban J connectivity index is 1.48. The summed E-state index contributed by atoms with van der Waals surface area (Å²) in [4.78, 5) is 28.4. The van der Waals surface area contributed by atoms with Gasteiger partial charge in [-0.2, -0.15) is 0 Å². The summed E-state index contributed by atoms with van der Waals surface area (Å²) in [5.74, 6) is -0.322. The van der Waals surface area contributed by atoms with E-state index in [0.717, 1.165) is 24.2 Å². The lowest BCUT2D eigenvalue weighted by Crippen LogP contribution is -2.52. The van der Waals surface area contributed by atoms with Gasteiger partial charge < -0.3 is 11.1 Å². The van der Waals surface area contributed by atoms with Gasteiger partial charge in [0, 0.05) is 32.7 Å². The summed E-state index contributed by atoms with van der Waals surface area (Å²) in [6.07, 6.45) is 0. The third-order valence-electron chi connectivity index (χ3n) is 4.86. The van der Waals surface area contributed by atoms with Crippen LogP contribution in [-0.2, 0) is 16.1 Å². The zero-order valence-electron chi connectivity index (χ0n) is 15.4. The first-order valence-corrected chi connectivity index (χ1v) is 9.25. The lowest BCUT2D eigenvalue weighted by molar-refractivity contribution is -0.126. The molecule has 1 saturated heterocycles. The molecule has 27 heavy (non-hydrogen) atoms. The molecular formula is C21H26N4O2. The number of nitrogens with one attached hydrogen (secondary N) is 1. The quantitative estimate of drug-likeness (QED) is 0.770. The summed E-state index contributed by atoms with van der Waals surface area (Å²) >= 11 is 0. The van der Waals surface area contributed by atoms with E-state index in [4.69, 9.17) is 5.73 Å². The molecule has 0 spiro atoms. The number of carbonyl (C=O) groups is 2. The molecule has 6 heteroatoms. The zero-order chi connectivity index (χ0) is 19.1. The number of amides is 2. The maximum absolute atomic E-state index is 12.2. The Hall–Kier alpha value is -2.70. The highest BCUT2D eigenvalue weighted by atomic mass is 16.2. The number of primary amides is 1. The zero-order valence-corrected chi connectivity index (χ0v) is 15.4. The minimum atomic E-state index is -0.416. The smallest absolute Gasteiger partial charge is 0.239 e. The fourth-order valence-electron chi connectivity index (χ4n) is 3.43. The Kier molecular flexibility index (Phi) is 6.57. The van der Waals surface area contributed by atoms with Gasteiger partial charge in [0.1, 0.15) is 6.04 Å². The third-order valence-corrected chi connectivity index (χ3v) is 4.86. The van der Waals surface area contributed by atoms with Crippen LogP contribution in [0.5, 0.6) is 0 Å². The second kappa shape index (κ2) is 9.30. The SMILES string of the molecule is NC(=O)[C@H](c1ccccc1)N1CCN(CC(=O)NCc2ccccc2)CC1. The Morgan fingerprint density at radius 3 is 2.11 bits per heavy atom. The van der Waals surface area contributed by atoms with Crippen LogP contribution < -0.4 is 11.1 Å². The summed E-state index contributed by atoms with van der Waals surface area (Å²) in [6, 6.07) is 19.1. The molecule has 2 aromatic carbocycles. The molecule has 3 N–H and O–H groups in total. The first-order valence-electron chi connectivity index (χ1n) is 9.25. The molecule has 0 unspecified atom stereocenters. The number of hydrogen-bond acceptors (Lipinski definition) is 4. The van der Waals surface area contributed by atoms with Crippen molar-refractivity contribution in [1.82, 2.24) is 15.1 Å². The Morgan fingerprint density at radius 1 is 0.926 bits per heavy atom. The van der Waals surface area contributed by atoms with Gasteiger partial charge in [-0.25, -0.2) is 0 Å². The average molecular weight is 366 g/mol. The number of benzene rings is 2. The number of piperazine rings is 1. The van der Waals surface area contributed by atoms with Crippen molar-refractivity contribution in [2.24, 2.45) is 5.73 Å². The molecule has 1 atom stereocenters. The monoisotopic (exact) mass is 366 g/mol. The van der Waals surface area contributed by atoms with Crippen LogP contribution in [0.4, 0.5) is 0 Å². The minimum Gasteiger partial charge on any atom is -0.368 e. The molecule has 0 saturated carbocycles. The van der Waals surface area contributed by atoms with Gasteiger partial charge in [-0.15, -0.1) is 0 Å². The van der Waals surface area contributed by atoms with Crippen LogP contribution in [0.1, 0.15) is 17.2 Å². The Labute approximate surface area is 159 Å². The van der Waals surface area contributed by atoms with Crippen molar-refractivity contribution in [3.63, 3.8) is 0 Å². The second-order valence-electron chi connectivity index (χ2n) is 6.79. The topological polar surface area (TPSA) is 78.7 Å². The van der Waals surface area contributed by atoms with Crippen molar-refractivity contribution in [3.05, 3.63) is 71.8 Å². The molecule has 1 fully saturated rings. The van der Waals surface area contributed by atoms with Gasteiger partial charge >= 0.3 is 0 Å². The number of rotatable bonds is 7. The average Bonchev–Trinajstić information content (AvgIpc) is 2.69. The fourth-order valence-corrected chi connectivity index (χ4v) is 3.43. The lowest BCUT2D eigenvalue weighted by Gasteiger charge is -2.38. The summed E-state index contributed by atoms with van der Waals surface area (Å²) in [5, 5.41) is 2.96. The molecule has 3 rings (SSSR count). The molecule has 1 heterocycles. The van der Waals surface area contributed by atoms with E-state index in [-0.39, 0.29) is 11.8 Å². The van der Waals surface area contributed by atoms with Crippen LogP contribution in [0.25, 0.3) is 0 Å². The van der Waals surface area contributed by atoms with Crippen molar-refractivity contribution in [3.8, 4) is 0 Å². The molecule has 6 nitrogen and oxygen atoms in total. The standard InChI is InChI=1S/C21H26N4O2/c22-21(27)20(18-9-5-2-6-10-18)25-13-11-24(12-14-25)16-19(26)23-15-17-7-3-1-4-8-17/h1-10,20H,11-16H2,(H2,22,27)(H,23,26)/t20-/m0/s1. The van der Waals surface area contributed by atoms with Crippen molar-refractivity contribution in [1.29, 1.82) is 0 Å². The van der Waals surface area contributed by atoms with Crippen LogP contribution in [-0.4, -0.2) is 54.3 Å². The first kappa shape index (κ1) is 19.1. The minimum absolute atomic E-state index is 0.0156. The molecule has 1 aliphatic rings. The molecule has 0 aromatic heterocycles.